The van der Waals surface area contributed by atoms with Gasteiger partial charge in [0.2, 0.25) is 11.0 Å². The third-order valence-electron chi connectivity index (χ3n) is 2.86. The van der Waals surface area contributed by atoms with E-state index < -0.39 is 0 Å². The monoisotopic (exact) mass is 301 g/mol. The van der Waals surface area contributed by atoms with Gasteiger partial charge in [-0.1, -0.05) is 23.5 Å². The van der Waals surface area contributed by atoms with Gasteiger partial charge in [-0.15, -0.1) is 10.2 Å². The number of fused-ring (bicyclic) bond motifs is 1. The molecule has 0 saturated heterocycles. The van der Waals surface area contributed by atoms with Crippen molar-refractivity contribution in [3.8, 4) is 0 Å². The van der Waals surface area contributed by atoms with Crippen LogP contribution in [0.2, 0.25) is 0 Å². The van der Waals surface area contributed by atoms with Crippen LogP contribution < -0.4 is 10.9 Å². The number of aromatic nitrogens is 4. The standard InChI is InChI=1S/C13H11N5O2S/c19-11(17-13-18-14-7-21-13)6-5-10-15-9-4-2-1-3-8(9)12(20)16-10/h1-4,7H,5-6H2,(H,15,16,20)(H,17,18,19). The summed E-state index contributed by atoms with van der Waals surface area (Å²) in [6.45, 7) is 0. The molecule has 7 nitrogen and oxygen atoms in total. The van der Waals surface area contributed by atoms with Crippen molar-refractivity contribution in [2.45, 2.75) is 12.8 Å². The molecule has 2 aromatic heterocycles. The lowest BCUT2D eigenvalue weighted by Gasteiger charge is -2.03. The summed E-state index contributed by atoms with van der Waals surface area (Å²) >= 11 is 1.25. The summed E-state index contributed by atoms with van der Waals surface area (Å²) < 4.78 is 0. The van der Waals surface area contributed by atoms with Gasteiger partial charge in [0.1, 0.15) is 11.3 Å². The molecule has 0 saturated carbocycles. The van der Waals surface area contributed by atoms with Crippen LogP contribution in [-0.4, -0.2) is 26.1 Å². The summed E-state index contributed by atoms with van der Waals surface area (Å²) in [6, 6.07) is 7.09. The maximum Gasteiger partial charge on any atom is 0.258 e. The number of rotatable bonds is 4. The normalized spacial score (nSPS) is 10.7. The molecular weight excluding hydrogens is 290 g/mol. The third kappa shape index (κ3) is 3.11. The SMILES string of the molecule is O=C(CCc1nc2ccccc2c(=O)[nH]1)Nc1nncs1. The Hall–Kier alpha value is -2.61. The fraction of sp³-hybridized carbons (Fsp3) is 0.154. The zero-order valence-electron chi connectivity index (χ0n) is 10.9. The Kier molecular flexibility index (Phi) is 3.69. The smallest absolute Gasteiger partial charge is 0.258 e. The molecule has 0 radical (unpaired) electrons. The van der Waals surface area contributed by atoms with Gasteiger partial charge in [0.25, 0.3) is 5.56 Å². The van der Waals surface area contributed by atoms with Gasteiger partial charge in [0, 0.05) is 12.8 Å². The topological polar surface area (TPSA) is 101 Å². The minimum atomic E-state index is -0.194. The lowest BCUT2D eigenvalue weighted by molar-refractivity contribution is -0.116. The van der Waals surface area contributed by atoms with E-state index in [-0.39, 0.29) is 17.9 Å². The van der Waals surface area contributed by atoms with Crippen LogP contribution >= 0.6 is 11.3 Å². The second-order valence-electron chi connectivity index (χ2n) is 4.32. The molecule has 21 heavy (non-hydrogen) atoms. The molecule has 1 amide bonds. The molecule has 0 aliphatic carbocycles. The van der Waals surface area contributed by atoms with E-state index in [9.17, 15) is 9.59 Å². The van der Waals surface area contributed by atoms with Gasteiger partial charge in [-0.3, -0.25) is 9.59 Å². The lowest BCUT2D eigenvalue weighted by atomic mass is 10.2. The first-order chi connectivity index (χ1) is 10.2. The maximum atomic E-state index is 11.9. The molecule has 2 N–H and O–H groups in total. The van der Waals surface area contributed by atoms with Crippen molar-refractivity contribution in [1.82, 2.24) is 20.2 Å². The van der Waals surface area contributed by atoms with E-state index in [0.29, 0.717) is 28.3 Å². The van der Waals surface area contributed by atoms with Gasteiger partial charge in [-0.2, -0.15) is 0 Å². The second-order valence-corrected chi connectivity index (χ2v) is 5.16. The Balaban J connectivity index is 1.70. The van der Waals surface area contributed by atoms with Crippen molar-refractivity contribution < 1.29 is 4.79 Å². The quantitative estimate of drug-likeness (QED) is 0.757. The van der Waals surface area contributed by atoms with Crippen LogP contribution in [0.1, 0.15) is 12.2 Å². The summed E-state index contributed by atoms with van der Waals surface area (Å²) in [4.78, 5) is 30.7. The van der Waals surface area contributed by atoms with E-state index in [4.69, 9.17) is 0 Å². The number of carbonyl (C=O) groups is 1. The Morgan fingerprint density at radius 1 is 1.33 bits per heavy atom. The van der Waals surface area contributed by atoms with Crippen LogP contribution in [0.3, 0.4) is 0 Å². The first kappa shape index (κ1) is 13.4. The summed E-state index contributed by atoms with van der Waals surface area (Å²) in [5.74, 6) is 0.300. The van der Waals surface area contributed by atoms with Crippen molar-refractivity contribution in [2.75, 3.05) is 5.32 Å². The van der Waals surface area contributed by atoms with Crippen LogP contribution in [0, 0.1) is 0 Å². The summed E-state index contributed by atoms with van der Waals surface area (Å²) in [7, 11) is 0. The molecule has 1 aromatic carbocycles. The number of carbonyl (C=O) groups excluding carboxylic acids is 1. The number of hydrogen-bond acceptors (Lipinski definition) is 6. The van der Waals surface area contributed by atoms with Gasteiger partial charge < -0.3 is 10.3 Å². The molecule has 0 aliphatic heterocycles. The van der Waals surface area contributed by atoms with Crippen LogP contribution in [0.25, 0.3) is 10.9 Å². The summed E-state index contributed by atoms with van der Waals surface area (Å²) in [5, 5.41) is 11.0. The highest BCUT2D eigenvalue weighted by Crippen LogP contribution is 2.09. The molecular formula is C13H11N5O2S. The van der Waals surface area contributed by atoms with Gasteiger partial charge in [0.05, 0.1) is 10.9 Å². The van der Waals surface area contributed by atoms with Crippen LogP contribution in [0.5, 0.6) is 0 Å². The zero-order valence-corrected chi connectivity index (χ0v) is 11.7. The van der Waals surface area contributed by atoms with E-state index in [2.05, 4.69) is 25.5 Å². The van der Waals surface area contributed by atoms with Crippen LogP contribution in [-0.2, 0) is 11.2 Å². The fourth-order valence-corrected chi connectivity index (χ4v) is 2.36. The predicted octanol–water partition coefficient (Wildman–Crippen LogP) is 1.35. The van der Waals surface area contributed by atoms with E-state index in [1.807, 2.05) is 6.07 Å². The van der Waals surface area contributed by atoms with Gasteiger partial charge in [-0.25, -0.2) is 4.98 Å². The Bertz CT molecular complexity index is 828. The van der Waals surface area contributed by atoms with Crippen molar-refractivity contribution >= 4 is 33.3 Å². The number of amides is 1. The molecule has 0 bridgehead atoms. The van der Waals surface area contributed by atoms with Crippen LogP contribution in [0.15, 0.2) is 34.6 Å². The Labute approximate surface area is 123 Å². The van der Waals surface area contributed by atoms with Crippen LogP contribution in [0.4, 0.5) is 5.13 Å². The number of H-pyrrole nitrogens is 1. The molecule has 2 heterocycles. The maximum absolute atomic E-state index is 11.9. The molecule has 0 unspecified atom stereocenters. The van der Waals surface area contributed by atoms with Gasteiger partial charge in [0.15, 0.2) is 0 Å². The second kappa shape index (κ2) is 5.80. The summed E-state index contributed by atoms with van der Waals surface area (Å²) in [5.41, 5.74) is 1.97. The number of aryl methyl sites for hydroxylation is 1. The fourth-order valence-electron chi connectivity index (χ4n) is 1.89. The number of benzene rings is 1. The van der Waals surface area contributed by atoms with E-state index >= 15 is 0 Å². The number of hydrogen-bond donors (Lipinski definition) is 2. The number of anilines is 1. The van der Waals surface area contributed by atoms with E-state index in [0.717, 1.165) is 0 Å². The molecule has 3 rings (SSSR count). The molecule has 3 aromatic rings. The van der Waals surface area contributed by atoms with Gasteiger partial charge >= 0.3 is 0 Å². The number of para-hydroxylation sites is 1. The average Bonchev–Trinajstić information content (AvgIpc) is 2.98. The first-order valence-corrected chi connectivity index (χ1v) is 7.14. The largest absolute Gasteiger partial charge is 0.310 e. The van der Waals surface area contributed by atoms with Crippen molar-refractivity contribution in [3.63, 3.8) is 0 Å². The molecule has 106 valence electrons. The number of nitrogens with zero attached hydrogens (tertiary/aromatic N) is 3. The Morgan fingerprint density at radius 2 is 2.19 bits per heavy atom. The Morgan fingerprint density at radius 3 is 3.00 bits per heavy atom. The molecule has 0 atom stereocenters. The highest BCUT2D eigenvalue weighted by atomic mass is 32.1. The number of aromatic amines is 1. The number of nitrogens with one attached hydrogen (secondary N) is 2. The van der Waals surface area contributed by atoms with Crippen molar-refractivity contribution in [1.29, 1.82) is 0 Å². The predicted molar refractivity (Wildman–Crippen MR) is 79.2 cm³/mol. The van der Waals surface area contributed by atoms with E-state index in [1.54, 1.807) is 18.2 Å². The van der Waals surface area contributed by atoms with Crippen molar-refractivity contribution in [2.24, 2.45) is 0 Å². The van der Waals surface area contributed by atoms with Gasteiger partial charge in [-0.05, 0) is 12.1 Å². The highest BCUT2D eigenvalue weighted by Gasteiger charge is 2.08. The molecule has 8 heteroatoms. The molecule has 0 fully saturated rings. The molecule has 0 spiro atoms. The zero-order chi connectivity index (χ0) is 14.7. The molecule has 0 aliphatic rings. The highest BCUT2D eigenvalue weighted by molar-refractivity contribution is 7.13. The van der Waals surface area contributed by atoms with E-state index in [1.165, 1.54) is 16.8 Å². The summed E-state index contributed by atoms with van der Waals surface area (Å²) in [6.07, 6.45) is 0.561. The average molecular weight is 301 g/mol. The minimum Gasteiger partial charge on any atom is -0.310 e. The lowest BCUT2D eigenvalue weighted by Crippen LogP contribution is -2.16. The first-order valence-electron chi connectivity index (χ1n) is 6.26. The third-order valence-corrected chi connectivity index (χ3v) is 3.46. The minimum absolute atomic E-state index is 0.192. The van der Waals surface area contributed by atoms with Crippen molar-refractivity contribution in [3.05, 3.63) is 46.0 Å².